The van der Waals surface area contributed by atoms with Crippen LogP contribution in [0.25, 0.3) is 0 Å². The minimum Gasteiger partial charge on any atom is -0.494 e. The van der Waals surface area contributed by atoms with E-state index in [4.69, 9.17) is 4.74 Å². The number of anilines is 1. The molecule has 5 heteroatoms. The second kappa shape index (κ2) is 8.54. The molecule has 22 heavy (non-hydrogen) atoms. The van der Waals surface area contributed by atoms with E-state index in [0.29, 0.717) is 18.8 Å². The topological polar surface area (TPSA) is 51.2 Å². The quantitative estimate of drug-likeness (QED) is 0.745. The summed E-state index contributed by atoms with van der Waals surface area (Å²) in [7, 11) is 0. The summed E-state index contributed by atoms with van der Waals surface area (Å²) in [6.07, 6.45) is 3.75. The third-order valence-corrected chi connectivity index (χ3v) is 3.52. The predicted octanol–water partition coefficient (Wildman–Crippen LogP) is 4.34. The standard InChI is InChI=1S/C17H19BrN2O2/c1-13-5-4-6-15(11-13)22-10-3-2-7-17(21)20-16-9-8-14(18)12-19-16/h4-6,8-9,11-12H,2-3,7,10H2,1H3,(H,19,20,21). The highest BCUT2D eigenvalue weighted by Crippen LogP contribution is 2.13. The van der Waals surface area contributed by atoms with Gasteiger partial charge in [-0.1, -0.05) is 12.1 Å². The van der Waals surface area contributed by atoms with Gasteiger partial charge in [-0.25, -0.2) is 4.98 Å². The molecule has 2 aromatic rings. The van der Waals surface area contributed by atoms with Crippen molar-refractivity contribution in [1.82, 2.24) is 4.98 Å². The molecule has 0 aliphatic heterocycles. The van der Waals surface area contributed by atoms with Crippen molar-refractivity contribution in [3.8, 4) is 5.75 Å². The number of nitrogens with zero attached hydrogens (tertiary/aromatic N) is 1. The fourth-order valence-corrected chi connectivity index (χ4v) is 2.17. The first kappa shape index (κ1) is 16.5. The number of nitrogens with one attached hydrogen (secondary N) is 1. The van der Waals surface area contributed by atoms with E-state index in [0.717, 1.165) is 23.1 Å². The molecule has 0 saturated heterocycles. The van der Waals surface area contributed by atoms with Gasteiger partial charge < -0.3 is 10.1 Å². The first-order chi connectivity index (χ1) is 10.6. The summed E-state index contributed by atoms with van der Waals surface area (Å²) in [6, 6.07) is 11.6. The number of carbonyl (C=O) groups excluding carboxylic acids is 1. The number of unbranched alkanes of at least 4 members (excludes halogenated alkanes) is 1. The van der Waals surface area contributed by atoms with Crippen LogP contribution >= 0.6 is 15.9 Å². The third-order valence-electron chi connectivity index (χ3n) is 3.05. The molecule has 1 aromatic heterocycles. The van der Waals surface area contributed by atoms with Crippen LogP contribution in [0.1, 0.15) is 24.8 Å². The Kier molecular flexibility index (Phi) is 6.40. The van der Waals surface area contributed by atoms with Crippen LogP contribution in [0.4, 0.5) is 5.82 Å². The molecule has 1 N–H and O–H groups in total. The summed E-state index contributed by atoms with van der Waals surface area (Å²) in [6.45, 7) is 2.65. The second-order valence-corrected chi connectivity index (χ2v) is 5.95. The molecule has 2 rings (SSSR count). The van der Waals surface area contributed by atoms with Crippen molar-refractivity contribution in [1.29, 1.82) is 0 Å². The summed E-state index contributed by atoms with van der Waals surface area (Å²) in [5, 5.41) is 2.77. The van der Waals surface area contributed by atoms with Gasteiger partial charge in [0, 0.05) is 17.1 Å². The number of pyridine rings is 1. The van der Waals surface area contributed by atoms with E-state index < -0.39 is 0 Å². The van der Waals surface area contributed by atoms with Gasteiger partial charge in [0.25, 0.3) is 0 Å². The van der Waals surface area contributed by atoms with Gasteiger partial charge in [-0.3, -0.25) is 4.79 Å². The lowest BCUT2D eigenvalue weighted by atomic mass is 10.2. The first-order valence-electron chi connectivity index (χ1n) is 7.24. The number of hydrogen-bond donors (Lipinski definition) is 1. The molecule has 0 spiro atoms. The van der Waals surface area contributed by atoms with Crippen LogP contribution in [0.3, 0.4) is 0 Å². The maximum absolute atomic E-state index is 11.8. The number of aromatic nitrogens is 1. The summed E-state index contributed by atoms with van der Waals surface area (Å²) in [5.41, 5.74) is 1.18. The third kappa shape index (κ3) is 5.85. The minimum atomic E-state index is -0.0228. The average Bonchev–Trinajstić information content (AvgIpc) is 2.49. The molecule has 0 unspecified atom stereocenters. The maximum atomic E-state index is 11.8. The van der Waals surface area contributed by atoms with Crippen molar-refractivity contribution in [2.24, 2.45) is 0 Å². The maximum Gasteiger partial charge on any atom is 0.225 e. The zero-order valence-electron chi connectivity index (χ0n) is 12.5. The minimum absolute atomic E-state index is 0.0228. The fraction of sp³-hybridized carbons (Fsp3) is 0.294. The van der Waals surface area contributed by atoms with Gasteiger partial charge in [-0.15, -0.1) is 0 Å². The Morgan fingerprint density at radius 3 is 2.86 bits per heavy atom. The van der Waals surface area contributed by atoms with Gasteiger partial charge in [0.2, 0.25) is 5.91 Å². The van der Waals surface area contributed by atoms with Crippen molar-refractivity contribution >= 4 is 27.7 Å². The van der Waals surface area contributed by atoms with Crippen LogP contribution in [0.2, 0.25) is 0 Å². The molecule has 0 saturated carbocycles. The normalized spacial score (nSPS) is 10.3. The van der Waals surface area contributed by atoms with Gasteiger partial charge in [0.15, 0.2) is 0 Å². The molecule has 1 aromatic carbocycles. The lowest BCUT2D eigenvalue weighted by Gasteiger charge is -2.07. The average molecular weight is 363 g/mol. The monoisotopic (exact) mass is 362 g/mol. The molecule has 116 valence electrons. The van der Waals surface area contributed by atoms with Gasteiger partial charge in [-0.05, 0) is 65.5 Å². The van der Waals surface area contributed by atoms with E-state index in [1.807, 2.05) is 37.3 Å². The smallest absolute Gasteiger partial charge is 0.225 e. The molecule has 0 aliphatic carbocycles. The number of amides is 1. The van der Waals surface area contributed by atoms with Gasteiger partial charge >= 0.3 is 0 Å². The number of ether oxygens (including phenoxy) is 1. The highest BCUT2D eigenvalue weighted by Gasteiger charge is 2.03. The number of benzene rings is 1. The van der Waals surface area contributed by atoms with Crippen molar-refractivity contribution in [2.45, 2.75) is 26.2 Å². The van der Waals surface area contributed by atoms with E-state index in [2.05, 4.69) is 26.2 Å². The van der Waals surface area contributed by atoms with Gasteiger partial charge in [0.1, 0.15) is 11.6 Å². The molecule has 1 amide bonds. The molecular weight excluding hydrogens is 344 g/mol. The van der Waals surface area contributed by atoms with Crippen LogP contribution in [0.5, 0.6) is 5.75 Å². The number of carbonyl (C=O) groups is 1. The Hall–Kier alpha value is -1.88. The molecule has 0 radical (unpaired) electrons. The van der Waals surface area contributed by atoms with E-state index in [1.54, 1.807) is 12.3 Å². The Morgan fingerprint density at radius 2 is 2.14 bits per heavy atom. The highest BCUT2D eigenvalue weighted by atomic mass is 79.9. The van der Waals surface area contributed by atoms with Crippen LogP contribution < -0.4 is 10.1 Å². The van der Waals surface area contributed by atoms with Crippen LogP contribution in [0, 0.1) is 6.92 Å². The largest absolute Gasteiger partial charge is 0.494 e. The zero-order valence-corrected chi connectivity index (χ0v) is 14.1. The van der Waals surface area contributed by atoms with Gasteiger partial charge in [0.05, 0.1) is 6.61 Å². The van der Waals surface area contributed by atoms with Crippen molar-refractivity contribution in [3.05, 3.63) is 52.6 Å². The lowest BCUT2D eigenvalue weighted by molar-refractivity contribution is -0.116. The summed E-state index contributed by atoms with van der Waals surface area (Å²) in [4.78, 5) is 15.9. The van der Waals surface area contributed by atoms with Crippen LogP contribution in [-0.2, 0) is 4.79 Å². The Balaban J connectivity index is 1.62. The van der Waals surface area contributed by atoms with E-state index in [-0.39, 0.29) is 5.91 Å². The molecule has 0 bridgehead atoms. The Labute approximate surface area is 139 Å². The van der Waals surface area contributed by atoms with E-state index in [9.17, 15) is 4.79 Å². The SMILES string of the molecule is Cc1cccc(OCCCCC(=O)Nc2ccc(Br)cn2)c1. The molecule has 0 atom stereocenters. The Bertz CT molecular complexity index is 614. The van der Waals surface area contributed by atoms with Crippen LogP contribution in [-0.4, -0.2) is 17.5 Å². The van der Waals surface area contributed by atoms with Gasteiger partial charge in [-0.2, -0.15) is 0 Å². The number of aryl methyl sites for hydroxylation is 1. The molecule has 0 aliphatic rings. The number of hydrogen-bond acceptors (Lipinski definition) is 3. The summed E-state index contributed by atoms with van der Waals surface area (Å²) < 4.78 is 6.54. The summed E-state index contributed by atoms with van der Waals surface area (Å²) >= 11 is 3.31. The molecule has 4 nitrogen and oxygen atoms in total. The van der Waals surface area contributed by atoms with Crippen molar-refractivity contribution in [2.75, 3.05) is 11.9 Å². The molecule has 0 fully saturated rings. The fourth-order valence-electron chi connectivity index (χ4n) is 1.94. The van der Waals surface area contributed by atoms with Crippen molar-refractivity contribution < 1.29 is 9.53 Å². The molecular formula is C17H19BrN2O2. The first-order valence-corrected chi connectivity index (χ1v) is 8.03. The number of rotatable bonds is 7. The molecule has 1 heterocycles. The number of halogens is 1. The lowest BCUT2D eigenvalue weighted by Crippen LogP contribution is -2.12. The predicted molar refractivity (Wildman–Crippen MR) is 91.1 cm³/mol. The Morgan fingerprint density at radius 1 is 1.27 bits per heavy atom. The van der Waals surface area contributed by atoms with E-state index in [1.165, 1.54) is 5.56 Å². The zero-order chi connectivity index (χ0) is 15.8. The van der Waals surface area contributed by atoms with E-state index >= 15 is 0 Å². The highest BCUT2D eigenvalue weighted by molar-refractivity contribution is 9.10. The summed E-state index contributed by atoms with van der Waals surface area (Å²) in [5.74, 6) is 1.43. The second-order valence-electron chi connectivity index (χ2n) is 5.03. The van der Waals surface area contributed by atoms with Crippen LogP contribution in [0.15, 0.2) is 47.1 Å². The van der Waals surface area contributed by atoms with Crippen molar-refractivity contribution in [3.63, 3.8) is 0 Å².